The molecule has 1 aromatic carbocycles. The van der Waals surface area contributed by atoms with Gasteiger partial charge in [0.25, 0.3) is 0 Å². The van der Waals surface area contributed by atoms with E-state index in [0.29, 0.717) is 12.8 Å². The van der Waals surface area contributed by atoms with Crippen LogP contribution >= 0.6 is 0 Å². The lowest BCUT2D eigenvalue weighted by Crippen LogP contribution is -2.34. The van der Waals surface area contributed by atoms with E-state index in [0.717, 1.165) is 31.9 Å². The van der Waals surface area contributed by atoms with Crippen molar-refractivity contribution in [1.82, 2.24) is 14.7 Å². The largest absolute Gasteiger partial charge is 0.497 e. The van der Waals surface area contributed by atoms with Crippen molar-refractivity contribution in [3.8, 4) is 5.75 Å². The number of aromatic nitrogens is 2. The summed E-state index contributed by atoms with van der Waals surface area (Å²) in [6.07, 6.45) is 3.05. The van der Waals surface area contributed by atoms with E-state index in [1.165, 1.54) is 22.9 Å². The summed E-state index contributed by atoms with van der Waals surface area (Å²) in [6.45, 7) is 12.8. The van der Waals surface area contributed by atoms with Crippen LogP contribution in [0.4, 0.5) is 0 Å². The molecule has 27 heavy (non-hydrogen) atoms. The van der Waals surface area contributed by atoms with Gasteiger partial charge in [-0.1, -0.05) is 31.8 Å². The molecule has 0 amide bonds. The molecule has 2 heterocycles. The molecule has 5 nitrogen and oxygen atoms in total. The summed E-state index contributed by atoms with van der Waals surface area (Å²) in [6, 6.07) is 9.93. The molecule has 0 saturated carbocycles. The van der Waals surface area contributed by atoms with Gasteiger partial charge in [0.1, 0.15) is 12.5 Å². The Bertz CT molecular complexity index is 737. The molecule has 3 rings (SSSR count). The minimum Gasteiger partial charge on any atom is -0.497 e. The van der Waals surface area contributed by atoms with Gasteiger partial charge in [0.05, 0.1) is 13.3 Å². The Balaban J connectivity index is 1.59. The van der Waals surface area contributed by atoms with Crippen LogP contribution in [0.3, 0.4) is 0 Å². The van der Waals surface area contributed by atoms with Gasteiger partial charge in [0.2, 0.25) is 0 Å². The van der Waals surface area contributed by atoms with Crippen LogP contribution < -0.4 is 4.74 Å². The van der Waals surface area contributed by atoms with E-state index < -0.39 is 8.07 Å². The van der Waals surface area contributed by atoms with Gasteiger partial charge in [0.15, 0.2) is 0 Å². The lowest BCUT2D eigenvalue weighted by atomic mass is 9.99. The molecule has 1 unspecified atom stereocenters. The predicted molar refractivity (Wildman–Crippen MR) is 112 cm³/mol. The number of methoxy groups -OCH3 is 1. The first-order valence-corrected chi connectivity index (χ1v) is 13.6. The first-order valence-electron chi connectivity index (χ1n) is 9.87. The molecule has 0 N–H and O–H groups in total. The van der Waals surface area contributed by atoms with E-state index >= 15 is 0 Å². The topological polar surface area (TPSA) is 39.5 Å². The Kier molecular flexibility index (Phi) is 6.39. The van der Waals surface area contributed by atoms with Gasteiger partial charge < -0.3 is 9.47 Å². The summed E-state index contributed by atoms with van der Waals surface area (Å²) in [5.74, 6) is 0.906. The Morgan fingerprint density at radius 3 is 2.59 bits per heavy atom. The molecular formula is C21H33N3O2Si. The lowest BCUT2D eigenvalue weighted by molar-refractivity contribution is 0.0745. The minimum absolute atomic E-state index is 0.367. The molecule has 1 aromatic heterocycles. The summed E-state index contributed by atoms with van der Waals surface area (Å²) in [7, 11) is 0.664. The van der Waals surface area contributed by atoms with Crippen molar-refractivity contribution >= 4 is 8.07 Å². The van der Waals surface area contributed by atoms with Gasteiger partial charge in [0, 0.05) is 51.5 Å². The van der Waals surface area contributed by atoms with Gasteiger partial charge in [-0.3, -0.25) is 4.90 Å². The Morgan fingerprint density at radius 2 is 1.93 bits per heavy atom. The monoisotopic (exact) mass is 387 g/mol. The fraction of sp³-hybridized carbons (Fsp3) is 0.571. The van der Waals surface area contributed by atoms with Crippen LogP contribution in [0.5, 0.6) is 5.75 Å². The number of ether oxygens (including phenoxy) is 2. The predicted octanol–water partition coefficient (Wildman–Crippen LogP) is 4.32. The van der Waals surface area contributed by atoms with E-state index in [4.69, 9.17) is 9.47 Å². The van der Waals surface area contributed by atoms with E-state index in [-0.39, 0.29) is 0 Å². The van der Waals surface area contributed by atoms with Crippen molar-refractivity contribution in [2.24, 2.45) is 0 Å². The summed E-state index contributed by atoms with van der Waals surface area (Å²) in [5.41, 5.74) is 3.98. The van der Waals surface area contributed by atoms with Crippen molar-refractivity contribution in [3.63, 3.8) is 0 Å². The Morgan fingerprint density at radius 1 is 1.19 bits per heavy atom. The van der Waals surface area contributed by atoms with Crippen LogP contribution in [0.1, 0.15) is 29.8 Å². The highest BCUT2D eigenvalue weighted by atomic mass is 28.3. The van der Waals surface area contributed by atoms with Gasteiger partial charge in [-0.25, -0.2) is 4.68 Å². The summed E-state index contributed by atoms with van der Waals surface area (Å²) in [5, 5.41) is 4.61. The average Bonchev–Trinajstić information content (AvgIpc) is 3.05. The third kappa shape index (κ3) is 5.21. The molecule has 0 bridgehead atoms. The number of benzene rings is 1. The smallest absolute Gasteiger partial charge is 0.139 e. The zero-order valence-corrected chi connectivity index (χ0v) is 18.4. The van der Waals surface area contributed by atoms with Crippen LogP contribution in [-0.4, -0.2) is 43.0 Å². The van der Waals surface area contributed by atoms with E-state index in [1.54, 1.807) is 7.11 Å². The van der Waals surface area contributed by atoms with E-state index in [9.17, 15) is 0 Å². The van der Waals surface area contributed by atoms with Crippen LogP contribution in [-0.2, 0) is 24.4 Å². The number of hydrogen-bond donors (Lipinski definition) is 0. The molecule has 0 spiro atoms. The summed E-state index contributed by atoms with van der Waals surface area (Å²) >= 11 is 0. The SMILES string of the molecule is COc1ccc(CN2CCc3c(cnn3COCC[Si](C)(C)C)C2C)cc1. The number of hydrogen-bond acceptors (Lipinski definition) is 4. The van der Waals surface area contributed by atoms with Crippen molar-refractivity contribution < 1.29 is 9.47 Å². The second kappa shape index (κ2) is 8.58. The quantitative estimate of drug-likeness (QED) is 0.499. The third-order valence-corrected chi connectivity index (χ3v) is 7.07. The normalized spacial score (nSPS) is 17.7. The van der Waals surface area contributed by atoms with Crippen molar-refractivity contribution in [2.75, 3.05) is 20.3 Å². The van der Waals surface area contributed by atoms with Gasteiger partial charge in [-0.05, 0) is 30.7 Å². The highest BCUT2D eigenvalue weighted by Gasteiger charge is 2.27. The zero-order valence-electron chi connectivity index (χ0n) is 17.4. The van der Waals surface area contributed by atoms with Crippen LogP contribution in [0.15, 0.2) is 30.5 Å². The molecule has 1 atom stereocenters. The maximum atomic E-state index is 5.91. The molecule has 1 aliphatic rings. The maximum Gasteiger partial charge on any atom is 0.139 e. The van der Waals surface area contributed by atoms with E-state index in [2.05, 4.69) is 53.4 Å². The molecule has 2 aromatic rings. The average molecular weight is 388 g/mol. The molecule has 6 heteroatoms. The lowest BCUT2D eigenvalue weighted by Gasteiger charge is -2.33. The van der Waals surface area contributed by atoms with Gasteiger partial charge in [-0.2, -0.15) is 5.10 Å². The fourth-order valence-corrected chi connectivity index (χ4v) is 4.27. The highest BCUT2D eigenvalue weighted by Crippen LogP contribution is 2.30. The van der Waals surface area contributed by atoms with Gasteiger partial charge >= 0.3 is 0 Å². The van der Waals surface area contributed by atoms with Gasteiger partial charge in [-0.15, -0.1) is 0 Å². The summed E-state index contributed by atoms with van der Waals surface area (Å²) < 4.78 is 13.2. The van der Waals surface area contributed by atoms with Crippen molar-refractivity contribution in [3.05, 3.63) is 47.3 Å². The Labute approximate surface area is 164 Å². The minimum atomic E-state index is -1.04. The molecule has 148 valence electrons. The van der Waals surface area contributed by atoms with Crippen LogP contribution in [0, 0.1) is 0 Å². The maximum absolute atomic E-state index is 5.91. The van der Waals surface area contributed by atoms with Crippen molar-refractivity contribution in [1.29, 1.82) is 0 Å². The van der Waals surface area contributed by atoms with Crippen LogP contribution in [0.2, 0.25) is 25.7 Å². The van der Waals surface area contributed by atoms with E-state index in [1.807, 2.05) is 18.3 Å². The molecular weight excluding hydrogens is 354 g/mol. The standard InChI is InChI=1S/C21H33N3O2Si/c1-17-20-14-22-24(16-26-12-13-27(3,4)5)21(20)10-11-23(17)15-18-6-8-19(25-2)9-7-18/h6-9,14,17H,10-13,15-16H2,1-5H3. The molecule has 0 aliphatic carbocycles. The Hall–Kier alpha value is -1.63. The molecule has 0 saturated heterocycles. The first kappa shape index (κ1) is 20.1. The second-order valence-corrected chi connectivity index (χ2v) is 14.3. The molecule has 1 aliphatic heterocycles. The molecule has 0 fully saturated rings. The number of rotatable bonds is 8. The summed E-state index contributed by atoms with van der Waals surface area (Å²) in [4.78, 5) is 2.52. The van der Waals surface area contributed by atoms with Crippen LogP contribution in [0.25, 0.3) is 0 Å². The number of fused-ring (bicyclic) bond motifs is 1. The van der Waals surface area contributed by atoms with Crippen molar-refractivity contribution in [2.45, 2.75) is 58.3 Å². The zero-order chi connectivity index (χ0) is 19.4. The molecule has 0 radical (unpaired) electrons. The fourth-order valence-electron chi connectivity index (χ4n) is 3.51. The highest BCUT2D eigenvalue weighted by molar-refractivity contribution is 6.76. The third-order valence-electron chi connectivity index (χ3n) is 5.37. The first-order chi connectivity index (χ1) is 12.9. The number of nitrogens with zero attached hydrogens (tertiary/aromatic N) is 3. The second-order valence-electron chi connectivity index (χ2n) is 8.64.